The molecule has 1 aliphatic rings. The SMILES string of the molecule is Cn1cccc1CNC1COC1. The number of aryl methyl sites for hydroxylation is 1. The summed E-state index contributed by atoms with van der Waals surface area (Å²) in [6.07, 6.45) is 2.06. The fraction of sp³-hybridized carbons (Fsp3) is 0.556. The summed E-state index contributed by atoms with van der Waals surface area (Å²) in [6.45, 7) is 2.67. The van der Waals surface area contributed by atoms with Gasteiger partial charge in [0.15, 0.2) is 0 Å². The molecule has 0 aromatic carbocycles. The molecule has 1 fully saturated rings. The molecule has 66 valence electrons. The van der Waals surface area contributed by atoms with Gasteiger partial charge in [0.25, 0.3) is 0 Å². The number of ether oxygens (including phenoxy) is 1. The first-order valence-corrected chi connectivity index (χ1v) is 4.27. The molecule has 2 rings (SSSR count). The van der Waals surface area contributed by atoms with E-state index in [0.29, 0.717) is 6.04 Å². The topological polar surface area (TPSA) is 26.2 Å². The molecular weight excluding hydrogens is 152 g/mol. The summed E-state index contributed by atoms with van der Waals surface area (Å²) in [5.41, 5.74) is 1.32. The molecule has 0 bridgehead atoms. The minimum atomic E-state index is 0.569. The van der Waals surface area contributed by atoms with Crippen molar-refractivity contribution in [2.75, 3.05) is 13.2 Å². The maximum absolute atomic E-state index is 5.07. The largest absolute Gasteiger partial charge is 0.378 e. The molecule has 3 nitrogen and oxygen atoms in total. The van der Waals surface area contributed by atoms with Crippen molar-refractivity contribution in [3.05, 3.63) is 24.0 Å². The summed E-state index contributed by atoms with van der Waals surface area (Å²) in [5, 5.41) is 3.42. The molecular formula is C9H14N2O. The zero-order valence-electron chi connectivity index (χ0n) is 7.29. The molecule has 0 spiro atoms. The van der Waals surface area contributed by atoms with Crippen molar-refractivity contribution in [1.29, 1.82) is 0 Å². The van der Waals surface area contributed by atoms with E-state index in [2.05, 4.69) is 35.3 Å². The number of nitrogens with zero attached hydrogens (tertiary/aromatic N) is 1. The van der Waals surface area contributed by atoms with Crippen LogP contribution >= 0.6 is 0 Å². The predicted molar refractivity (Wildman–Crippen MR) is 46.9 cm³/mol. The van der Waals surface area contributed by atoms with Gasteiger partial charge >= 0.3 is 0 Å². The Kier molecular flexibility index (Phi) is 2.15. The van der Waals surface area contributed by atoms with E-state index in [4.69, 9.17) is 4.74 Å². The molecule has 0 radical (unpaired) electrons. The van der Waals surface area contributed by atoms with Crippen LogP contribution in [0.25, 0.3) is 0 Å². The van der Waals surface area contributed by atoms with Crippen LogP contribution in [-0.4, -0.2) is 23.8 Å². The van der Waals surface area contributed by atoms with Gasteiger partial charge in [0.05, 0.1) is 19.3 Å². The number of rotatable bonds is 3. The van der Waals surface area contributed by atoms with E-state index in [0.717, 1.165) is 19.8 Å². The summed E-state index contributed by atoms with van der Waals surface area (Å²) in [5.74, 6) is 0. The van der Waals surface area contributed by atoms with Crippen LogP contribution in [0.5, 0.6) is 0 Å². The third kappa shape index (κ3) is 1.52. The van der Waals surface area contributed by atoms with Gasteiger partial charge in [-0.05, 0) is 12.1 Å². The van der Waals surface area contributed by atoms with Crippen molar-refractivity contribution in [3.63, 3.8) is 0 Å². The lowest BCUT2D eigenvalue weighted by atomic mass is 10.2. The standard InChI is InChI=1S/C9H14N2O/c1-11-4-2-3-9(11)5-10-8-6-12-7-8/h2-4,8,10H,5-7H2,1H3. The molecule has 0 amide bonds. The number of aromatic nitrogens is 1. The van der Waals surface area contributed by atoms with Gasteiger partial charge < -0.3 is 14.6 Å². The Hall–Kier alpha value is -0.800. The summed E-state index contributed by atoms with van der Waals surface area (Å²) in [4.78, 5) is 0. The van der Waals surface area contributed by atoms with Crippen molar-refractivity contribution in [2.45, 2.75) is 12.6 Å². The van der Waals surface area contributed by atoms with Crippen LogP contribution in [-0.2, 0) is 18.3 Å². The Bertz CT molecular complexity index is 253. The molecule has 0 atom stereocenters. The van der Waals surface area contributed by atoms with Crippen molar-refractivity contribution >= 4 is 0 Å². The van der Waals surface area contributed by atoms with Gasteiger partial charge in [-0.15, -0.1) is 0 Å². The third-order valence-corrected chi connectivity index (χ3v) is 2.26. The first-order valence-electron chi connectivity index (χ1n) is 4.27. The third-order valence-electron chi connectivity index (χ3n) is 2.26. The van der Waals surface area contributed by atoms with Gasteiger partial charge in [-0.2, -0.15) is 0 Å². The van der Waals surface area contributed by atoms with E-state index in [-0.39, 0.29) is 0 Å². The first-order chi connectivity index (χ1) is 5.86. The second kappa shape index (κ2) is 3.29. The van der Waals surface area contributed by atoms with Crippen molar-refractivity contribution < 1.29 is 4.74 Å². The maximum Gasteiger partial charge on any atom is 0.0643 e. The average Bonchev–Trinajstić information content (AvgIpc) is 2.33. The lowest BCUT2D eigenvalue weighted by Crippen LogP contribution is -2.45. The average molecular weight is 166 g/mol. The highest BCUT2D eigenvalue weighted by Crippen LogP contribution is 2.03. The van der Waals surface area contributed by atoms with E-state index in [1.165, 1.54) is 5.69 Å². The Morgan fingerprint density at radius 3 is 3.00 bits per heavy atom. The second-order valence-corrected chi connectivity index (χ2v) is 3.23. The van der Waals surface area contributed by atoms with Gasteiger partial charge in [-0.3, -0.25) is 0 Å². The minimum absolute atomic E-state index is 0.569. The van der Waals surface area contributed by atoms with Crippen molar-refractivity contribution in [1.82, 2.24) is 9.88 Å². The number of nitrogens with one attached hydrogen (secondary N) is 1. The quantitative estimate of drug-likeness (QED) is 0.708. The maximum atomic E-state index is 5.07. The molecule has 1 aromatic heterocycles. The van der Waals surface area contributed by atoms with E-state index in [1.54, 1.807) is 0 Å². The minimum Gasteiger partial charge on any atom is -0.378 e. The van der Waals surface area contributed by atoms with Crippen LogP contribution in [0.2, 0.25) is 0 Å². The van der Waals surface area contributed by atoms with Crippen LogP contribution in [0.4, 0.5) is 0 Å². The highest BCUT2D eigenvalue weighted by Gasteiger charge is 2.17. The Morgan fingerprint density at radius 2 is 2.50 bits per heavy atom. The molecule has 1 saturated heterocycles. The summed E-state index contributed by atoms with van der Waals surface area (Å²) >= 11 is 0. The molecule has 1 aromatic rings. The molecule has 3 heteroatoms. The Morgan fingerprint density at radius 1 is 1.67 bits per heavy atom. The molecule has 1 N–H and O–H groups in total. The summed E-state index contributed by atoms with van der Waals surface area (Å²) < 4.78 is 7.20. The zero-order valence-corrected chi connectivity index (χ0v) is 7.29. The Balaban J connectivity index is 1.82. The van der Waals surface area contributed by atoms with E-state index in [1.807, 2.05) is 0 Å². The first kappa shape index (κ1) is 7.83. The molecule has 2 heterocycles. The lowest BCUT2D eigenvalue weighted by molar-refractivity contribution is -0.00598. The molecule has 12 heavy (non-hydrogen) atoms. The van der Waals surface area contributed by atoms with Gasteiger partial charge in [0.1, 0.15) is 0 Å². The monoisotopic (exact) mass is 166 g/mol. The zero-order chi connectivity index (χ0) is 8.39. The predicted octanol–water partition coefficient (Wildman–Crippen LogP) is 0.513. The van der Waals surface area contributed by atoms with Gasteiger partial charge in [-0.25, -0.2) is 0 Å². The van der Waals surface area contributed by atoms with Crippen molar-refractivity contribution in [2.24, 2.45) is 7.05 Å². The number of hydrogen-bond acceptors (Lipinski definition) is 2. The van der Waals surface area contributed by atoms with Crippen LogP contribution < -0.4 is 5.32 Å². The highest BCUT2D eigenvalue weighted by atomic mass is 16.5. The second-order valence-electron chi connectivity index (χ2n) is 3.23. The highest BCUT2D eigenvalue weighted by molar-refractivity contribution is 5.06. The van der Waals surface area contributed by atoms with E-state index in [9.17, 15) is 0 Å². The molecule has 0 aliphatic carbocycles. The summed E-state index contributed by atoms with van der Waals surface area (Å²) in [6, 6.07) is 4.76. The normalized spacial score (nSPS) is 17.8. The van der Waals surface area contributed by atoms with Crippen LogP contribution in [0, 0.1) is 0 Å². The number of hydrogen-bond donors (Lipinski definition) is 1. The lowest BCUT2D eigenvalue weighted by Gasteiger charge is -2.27. The molecule has 0 unspecified atom stereocenters. The van der Waals surface area contributed by atoms with E-state index < -0.39 is 0 Å². The Labute approximate surface area is 72.3 Å². The molecule has 1 aliphatic heterocycles. The van der Waals surface area contributed by atoms with Crippen LogP contribution in [0.3, 0.4) is 0 Å². The fourth-order valence-corrected chi connectivity index (χ4v) is 1.28. The van der Waals surface area contributed by atoms with Gasteiger partial charge in [0, 0.05) is 25.5 Å². The van der Waals surface area contributed by atoms with Crippen LogP contribution in [0.15, 0.2) is 18.3 Å². The van der Waals surface area contributed by atoms with Gasteiger partial charge in [-0.1, -0.05) is 0 Å². The summed E-state index contributed by atoms with van der Waals surface area (Å²) in [7, 11) is 2.06. The fourth-order valence-electron chi connectivity index (χ4n) is 1.28. The molecule has 0 saturated carbocycles. The van der Waals surface area contributed by atoms with Crippen LogP contribution in [0.1, 0.15) is 5.69 Å². The van der Waals surface area contributed by atoms with Crippen molar-refractivity contribution in [3.8, 4) is 0 Å². The van der Waals surface area contributed by atoms with E-state index >= 15 is 0 Å². The smallest absolute Gasteiger partial charge is 0.0643 e. The van der Waals surface area contributed by atoms with Gasteiger partial charge in [0.2, 0.25) is 0 Å².